The molecule has 4 nitrogen and oxygen atoms in total. The van der Waals surface area contributed by atoms with E-state index < -0.39 is 0 Å². The Bertz CT molecular complexity index is 457. The smallest absolute Gasteiger partial charge is 0.224 e. The van der Waals surface area contributed by atoms with E-state index in [0.717, 1.165) is 30.7 Å². The Balaban J connectivity index is 1.88. The molecule has 1 fully saturated rings. The number of rotatable bonds is 2. The van der Waals surface area contributed by atoms with Gasteiger partial charge < -0.3 is 9.80 Å². The zero-order valence-electron chi connectivity index (χ0n) is 12.3. The third kappa shape index (κ3) is 2.34. The number of nitrogens with zero attached hydrogens (tertiary/aromatic N) is 4. The van der Waals surface area contributed by atoms with E-state index >= 15 is 0 Å². The highest BCUT2D eigenvalue weighted by Crippen LogP contribution is 2.34. The maximum atomic E-state index is 4.75. The number of hydrogen-bond donors (Lipinski definition) is 0. The van der Waals surface area contributed by atoms with Crippen molar-refractivity contribution in [3.63, 3.8) is 0 Å². The summed E-state index contributed by atoms with van der Waals surface area (Å²) in [5.41, 5.74) is 2.66. The van der Waals surface area contributed by atoms with Crippen LogP contribution in [0.5, 0.6) is 0 Å². The number of hydrogen-bond acceptors (Lipinski definition) is 4. The van der Waals surface area contributed by atoms with Crippen molar-refractivity contribution in [3.8, 4) is 0 Å². The van der Waals surface area contributed by atoms with Gasteiger partial charge in [-0.3, -0.25) is 0 Å². The third-order valence-electron chi connectivity index (χ3n) is 4.67. The van der Waals surface area contributed by atoms with Gasteiger partial charge in [-0.15, -0.1) is 0 Å². The molecule has 0 saturated carbocycles. The molecule has 1 saturated heterocycles. The molecule has 2 atom stereocenters. The lowest BCUT2D eigenvalue weighted by atomic mass is 9.77. The van der Waals surface area contributed by atoms with Crippen LogP contribution in [0.1, 0.15) is 31.0 Å². The van der Waals surface area contributed by atoms with E-state index in [1.165, 1.54) is 37.2 Å². The molecule has 0 spiro atoms. The van der Waals surface area contributed by atoms with Crippen LogP contribution in [0.3, 0.4) is 0 Å². The standard InChI is InChI=1S/C15H24N4/c1-4-19-7-5-6-11-8-13-12(9-14(11)19)10-16-15(17-13)18(2)3/h10-11,14H,4-9H2,1-3H3/t11-,14-/m0/s1. The average molecular weight is 260 g/mol. The molecular formula is C15H24N4. The maximum Gasteiger partial charge on any atom is 0.224 e. The molecule has 0 N–H and O–H groups in total. The second-order valence-corrected chi connectivity index (χ2v) is 6.04. The van der Waals surface area contributed by atoms with Gasteiger partial charge in [-0.1, -0.05) is 6.92 Å². The van der Waals surface area contributed by atoms with Gasteiger partial charge in [-0.05, 0) is 50.3 Å². The summed E-state index contributed by atoms with van der Waals surface area (Å²) in [5.74, 6) is 1.64. The van der Waals surface area contributed by atoms with Crippen LogP contribution in [0.25, 0.3) is 0 Å². The molecule has 1 aliphatic carbocycles. The van der Waals surface area contributed by atoms with Gasteiger partial charge in [0.2, 0.25) is 5.95 Å². The lowest BCUT2D eigenvalue weighted by Crippen LogP contribution is -2.49. The first-order chi connectivity index (χ1) is 9.19. The highest BCUT2D eigenvalue weighted by molar-refractivity contribution is 5.33. The molecular weight excluding hydrogens is 236 g/mol. The molecule has 1 aliphatic heterocycles. The van der Waals surface area contributed by atoms with Crippen LogP contribution in [0.15, 0.2) is 6.20 Å². The fourth-order valence-electron chi connectivity index (χ4n) is 3.61. The normalized spacial score (nSPS) is 26.7. The van der Waals surface area contributed by atoms with Crippen LogP contribution in [0, 0.1) is 5.92 Å². The average Bonchev–Trinajstić information content (AvgIpc) is 2.43. The third-order valence-corrected chi connectivity index (χ3v) is 4.67. The summed E-state index contributed by atoms with van der Waals surface area (Å²) in [5, 5.41) is 0. The van der Waals surface area contributed by atoms with Crippen LogP contribution in [0.2, 0.25) is 0 Å². The summed E-state index contributed by atoms with van der Waals surface area (Å²) in [6.45, 7) is 4.72. The largest absolute Gasteiger partial charge is 0.347 e. The highest BCUT2D eigenvalue weighted by Gasteiger charge is 2.35. The monoisotopic (exact) mass is 260 g/mol. The lowest BCUT2D eigenvalue weighted by Gasteiger charge is -2.43. The van der Waals surface area contributed by atoms with Gasteiger partial charge in [0.25, 0.3) is 0 Å². The second-order valence-electron chi connectivity index (χ2n) is 6.04. The zero-order valence-corrected chi connectivity index (χ0v) is 12.3. The van der Waals surface area contributed by atoms with Gasteiger partial charge in [0, 0.05) is 32.0 Å². The van der Waals surface area contributed by atoms with Crippen molar-refractivity contribution < 1.29 is 0 Å². The van der Waals surface area contributed by atoms with Crippen molar-refractivity contribution in [2.75, 3.05) is 32.1 Å². The molecule has 0 radical (unpaired) electrons. The molecule has 4 heteroatoms. The van der Waals surface area contributed by atoms with Gasteiger partial charge >= 0.3 is 0 Å². The fourth-order valence-corrected chi connectivity index (χ4v) is 3.61. The molecule has 0 amide bonds. The fraction of sp³-hybridized carbons (Fsp3) is 0.733. The van der Waals surface area contributed by atoms with Crippen LogP contribution < -0.4 is 4.90 Å². The van der Waals surface area contributed by atoms with E-state index in [9.17, 15) is 0 Å². The van der Waals surface area contributed by atoms with Crippen molar-refractivity contribution in [1.82, 2.24) is 14.9 Å². The number of fused-ring (bicyclic) bond motifs is 2. The van der Waals surface area contributed by atoms with E-state index in [1.807, 2.05) is 19.0 Å². The van der Waals surface area contributed by atoms with Crippen molar-refractivity contribution in [2.45, 2.75) is 38.6 Å². The molecule has 2 aliphatic rings. The van der Waals surface area contributed by atoms with Crippen molar-refractivity contribution in [1.29, 1.82) is 0 Å². The molecule has 1 aromatic heterocycles. The lowest BCUT2D eigenvalue weighted by molar-refractivity contribution is 0.0898. The van der Waals surface area contributed by atoms with Crippen molar-refractivity contribution in [3.05, 3.63) is 17.5 Å². The Kier molecular flexibility index (Phi) is 3.44. The number of likely N-dealkylation sites (N-methyl/N-ethyl adjacent to an activating group) is 1. The van der Waals surface area contributed by atoms with Gasteiger partial charge in [0.1, 0.15) is 0 Å². The van der Waals surface area contributed by atoms with Crippen LogP contribution in [-0.4, -0.2) is 48.1 Å². The van der Waals surface area contributed by atoms with Gasteiger partial charge in [-0.25, -0.2) is 9.97 Å². The minimum Gasteiger partial charge on any atom is -0.347 e. The summed E-state index contributed by atoms with van der Waals surface area (Å²) in [6, 6.07) is 0.722. The Labute approximate surface area is 115 Å². The Morgan fingerprint density at radius 1 is 1.37 bits per heavy atom. The quantitative estimate of drug-likeness (QED) is 0.811. The second kappa shape index (κ2) is 5.08. The van der Waals surface area contributed by atoms with E-state index in [2.05, 4.69) is 23.0 Å². The number of anilines is 1. The number of likely N-dealkylation sites (tertiary alicyclic amines) is 1. The van der Waals surface area contributed by atoms with E-state index in [1.54, 1.807) is 0 Å². The van der Waals surface area contributed by atoms with Crippen LogP contribution >= 0.6 is 0 Å². The van der Waals surface area contributed by atoms with Gasteiger partial charge in [-0.2, -0.15) is 0 Å². The Morgan fingerprint density at radius 2 is 2.21 bits per heavy atom. The Hall–Kier alpha value is -1.16. The maximum absolute atomic E-state index is 4.75. The minimum absolute atomic E-state index is 0.722. The molecule has 0 unspecified atom stereocenters. The summed E-state index contributed by atoms with van der Waals surface area (Å²) in [6.07, 6.45) is 7.04. The number of aromatic nitrogens is 2. The van der Waals surface area contributed by atoms with E-state index in [0.29, 0.717) is 0 Å². The summed E-state index contributed by atoms with van der Waals surface area (Å²) < 4.78 is 0. The number of piperidine rings is 1. The van der Waals surface area contributed by atoms with Crippen molar-refractivity contribution in [2.24, 2.45) is 5.92 Å². The van der Waals surface area contributed by atoms with E-state index in [-0.39, 0.29) is 0 Å². The first-order valence-electron chi connectivity index (χ1n) is 7.45. The molecule has 0 aromatic carbocycles. The van der Waals surface area contributed by atoms with Crippen LogP contribution in [0.4, 0.5) is 5.95 Å². The molecule has 1 aromatic rings. The molecule has 0 bridgehead atoms. The molecule has 2 heterocycles. The summed E-state index contributed by atoms with van der Waals surface area (Å²) in [4.78, 5) is 13.9. The summed E-state index contributed by atoms with van der Waals surface area (Å²) in [7, 11) is 4.01. The predicted molar refractivity (Wildman–Crippen MR) is 77.5 cm³/mol. The molecule has 104 valence electrons. The topological polar surface area (TPSA) is 32.3 Å². The van der Waals surface area contributed by atoms with Crippen molar-refractivity contribution >= 4 is 5.95 Å². The van der Waals surface area contributed by atoms with Gasteiger partial charge in [0.15, 0.2) is 0 Å². The first kappa shape index (κ1) is 12.9. The van der Waals surface area contributed by atoms with E-state index in [4.69, 9.17) is 4.98 Å². The minimum atomic E-state index is 0.722. The van der Waals surface area contributed by atoms with Gasteiger partial charge in [0.05, 0.1) is 0 Å². The SMILES string of the molecule is CCN1CCC[C@H]2Cc3nc(N(C)C)ncc3C[C@@H]21. The van der Waals surface area contributed by atoms with Crippen LogP contribution in [-0.2, 0) is 12.8 Å². The molecule has 19 heavy (non-hydrogen) atoms. The Morgan fingerprint density at radius 3 is 2.95 bits per heavy atom. The first-order valence-corrected chi connectivity index (χ1v) is 7.45. The summed E-state index contributed by atoms with van der Waals surface area (Å²) >= 11 is 0. The predicted octanol–water partition coefficient (Wildman–Crippen LogP) is 1.74. The highest BCUT2D eigenvalue weighted by atomic mass is 15.2. The molecule has 3 rings (SSSR count). The zero-order chi connectivity index (χ0) is 13.4.